The van der Waals surface area contributed by atoms with Gasteiger partial charge >= 0.3 is 5.97 Å². The lowest BCUT2D eigenvalue weighted by atomic mass is 10.1. The molecule has 1 saturated heterocycles. The highest BCUT2D eigenvalue weighted by Gasteiger charge is 2.26. The number of hydrogen-bond donors (Lipinski definition) is 2. The van der Waals surface area contributed by atoms with Crippen LogP contribution in [0.4, 0.5) is 5.69 Å². The molecule has 0 saturated carbocycles. The summed E-state index contributed by atoms with van der Waals surface area (Å²) in [4.78, 5) is 25.1. The molecule has 6 heteroatoms. The van der Waals surface area contributed by atoms with Crippen LogP contribution in [-0.2, 0) is 4.79 Å². The number of carbonyl (C=O) groups is 2. The Kier molecular flexibility index (Phi) is 4.21. The highest BCUT2D eigenvalue weighted by atomic mass is 79.9. The molecule has 1 heterocycles. The molecule has 1 aliphatic rings. The van der Waals surface area contributed by atoms with Crippen molar-refractivity contribution < 1.29 is 14.7 Å². The van der Waals surface area contributed by atoms with E-state index >= 15 is 0 Å². The largest absolute Gasteiger partial charge is 0.478 e. The third kappa shape index (κ3) is 3.33. The van der Waals surface area contributed by atoms with Gasteiger partial charge < -0.3 is 15.3 Å². The van der Waals surface area contributed by atoms with Crippen molar-refractivity contribution >= 4 is 33.5 Å². The molecule has 1 atom stereocenters. The van der Waals surface area contributed by atoms with Crippen LogP contribution < -0.4 is 5.32 Å². The van der Waals surface area contributed by atoms with E-state index in [0.29, 0.717) is 10.2 Å². The Labute approximate surface area is 119 Å². The fraction of sp³-hybridized carbons (Fsp3) is 0.385. The van der Waals surface area contributed by atoms with Crippen LogP contribution in [0.25, 0.3) is 0 Å². The van der Waals surface area contributed by atoms with Gasteiger partial charge in [0.1, 0.15) is 0 Å². The second kappa shape index (κ2) is 5.71. The molecule has 19 heavy (non-hydrogen) atoms. The number of anilines is 1. The van der Waals surface area contributed by atoms with E-state index in [0.717, 1.165) is 19.5 Å². The van der Waals surface area contributed by atoms with Crippen LogP contribution in [0, 0.1) is 5.92 Å². The third-order valence-corrected chi connectivity index (χ3v) is 3.92. The summed E-state index contributed by atoms with van der Waals surface area (Å²) in [5.74, 6) is -1.11. The number of benzene rings is 1. The molecule has 102 valence electrons. The van der Waals surface area contributed by atoms with Crippen molar-refractivity contribution in [3.8, 4) is 0 Å². The van der Waals surface area contributed by atoms with Crippen molar-refractivity contribution in [2.45, 2.75) is 6.42 Å². The summed E-state index contributed by atoms with van der Waals surface area (Å²) in [5.41, 5.74) is 0.654. The standard InChI is InChI=1S/C13H15BrN2O3/c1-16-5-4-9(7-16)12(17)15-11-6-8(13(18)19)2-3-10(11)14/h2-3,6,9H,4-5,7H2,1H3,(H,15,17)(H,18,19). The van der Waals surface area contributed by atoms with Gasteiger partial charge in [-0.25, -0.2) is 4.79 Å². The van der Waals surface area contributed by atoms with E-state index in [1.807, 2.05) is 7.05 Å². The minimum atomic E-state index is -1.01. The van der Waals surface area contributed by atoms with Gasteiger partial charge in [0.2, 0.25) is 5.91 Å². The molecule has 0 aliphatic carbocycles. The zero-order valence-electron chi connectivity index (χ0n) is 10.5. The number of aromatic carboxylic acids is 1. The van der Waals surface area contributed by atoms with Gasteiger partial charge in [-0.05, 0) is 54.1 Å². The number of hydrogen-bond acceptors (Lipinski definition) is 3. The van der Waals surface area contributed by atoms with E-state index < -0.39 is 5.97 Å². The fourth-order valence-electron chi connectivity index (χ4n) is 2.14. The van der Waals surface area contributed by atoms with Crippen molar-refractivity contribution in [2.24, 2.45) is 5.92 Å². The number of carbonyl (C=O) groups excluding carboxylic acids is 1. The normalized spacial score (nSPS) is 19.4. The van der Waals surface area contributed by atoms with E-state index in [9.17, 15) is 9.59 Å². The van der Waals surface area contributed by atoms with Gasteiger partial charge in [-0.3, -0.25) is 4.79 Å². The zero-order chi connectivity index (χ0) is 14.0. The molecule has 1 unspecified atom stereocenters. The summed E-state index contributed by atoms with van der Waals surface area (Å²) in [6, 6.07) is 4.58. The molecular weight excluding hydrogens is 312 g/mol. The van der Waals surface area contributed by atoms with E-state index in [2.05, 4.69) is 26.1 Å². The number of carboxylic acid groups (broad SMARTS) is 1. The predicted octanol–water partition coefficient (Wildman–Crippen LogP) is 2.04. The van der Waals surface area contributed by atoms with Gasteiger partial charge in [-0.15, -0.1) is 0 Å². The number of nitrogens with one attached hydrogen (secondary N) is 1. The van der Waals surface area contributed by atoms with Crippen molar-refractivity contribution in [1.82, 2.24) is 4.90 Å². The van der Waals surface area contributed by atoms with Crippen LogP contribution in [0.5, 0.6) is 0 Å². The van der Waals surface area contributed by atoms with Crippen molar-refractivity contribution in [2.75, 3.05) is 25.5 Å². The Balaban J connectivity index is 2.12. The molecule has 1 amide bonds. The van der Waals surface area contributed by atoms with E-state index in [1.165, 1.54) is 12.1 Å². The minimum absolute atomic E-state index is 0.0367. The lowest BCUT2D eigenvalue weighted by Gasteiger charge is -2.13. The first-order valence-corrected chi connectivity index (χ1v) is 6.79. The van der Waals surface area contributed by atoms with Crippen LogP contribution in [-0.4, -0.2) is 42.0 Å². The van der Waals surface area contributed by atoms with E-state index in [1.54, 1.807) is 6.07 Å². The second-order valence-corrected chi connectivity index (χ2v) is 5.59. The average Bonchev–Trinajstić information content (AvgIpc) is 2.78. The summed E-state index contributed by atoms with van der Waals surface area (Å²) in [6.07, 6.45) is 0.832. The molecule has 1 aromatic rings. The maximum Gasteiger partial charge on any atom is 0.335 e. The first kappa shape index (κ1) is 14.0. The number of amides is 1. The molecule has 1 aromatic carbocycles. The van der Waals surface area contributed by atoms with Crippen LogP contribution in [0.3, 0.4) is 0 Å². The van der Waals surface area contributed by atoms with Gasteiger partial charge in [0, 0.05) is 11.0 Å². The summed E-state index contributed by atoms with van der Waals surface area (Å²) < 4.78 is 0.678. The Hall–Kier alpha value is -1.40. The maximum atomic E-state index is 12.1. The molecule has 0 bridgehead atoms. The molecule has 0 aromatic heterocycles. The molecule has 1 fully saturated rings. The molecule has 0 spiro atoms. The Morgan fingerprint density at radius 3 is 2.79 bits per heavy atom. The maximum absolute atomic E-state index is 12.1. The minimum Gasteiger partial charge on any atom is -0.478 e. The number of halogens is 1. The lowest BCUT2D eigenvalue weighted by molar-refractivity contribution is -0.119. The monoisotopic (exact) mass is 326 g/mol. The quantitative estimate of drug-likeness (QED) is 0.891. The summed E-state index contributed by atoms with van der Waals surface area (Å²) in [7, 11) is 1.98. The number of rotatable bonds is 3. The first-order chi connectivity index (χ1) is 8.97. The molecule has 1 aliphatic heterocycles. The average molecular weight is 327 g/mol. The molecule has 2 N–H and O–H groups in total. The van der Waals surface area contributed by atoms with Crippen LogP contribution in [0.15, 0.2) is 22.7 Å². The number of likely N-dealkylation sites (tertiary alicyclic amines) is 1. The zero-order valence-corrected chi connectivity index (χ0v) is 12.1. The fourth-order valence-corrected chi connectivity index (χ4v) is 2.48. The smallest absolute Gasteiger partial charge is 0.335 e. The van der Waals surface area contributed by atoms with Gasteiger partial charge in [-0.2, -0.15) is 0 Å². The summed E-state index contributed by atoms with van der Waals surface area (Å²) >= 11 is 3.31. The second-order valence-electron chi connectivity index (χ2n) is 4.74. The van der Waals surface area contributed by atoms with Crippen molar-refractivity contribution in [3.63, 3.8) is 0 Å². The Morgan fingerprint density at radius 2 is 2.21 bits per heavy atom. The van der Waals surface area contributed by atoms with E-state index in [4.69, 9.17) is 5.11 Å². The van der Waals surface area contributed by atoms with Gasteiger partial charge in [0.05, 0.1) is 17.2 Å². The summed E-state index contributed by atoms with van der Waals surface area (Å²) in [5, 5.41) is 11.7. The lowest BCUT2D eigenvalue weighted by Crippen LogP contribution is -2.25. The highest BCUT2D eigenvalue weighted by Crippen LogP contribution is 2.25. The van der Waals surface area contributed by atoms with Crippen LogP contribution in [0.2, 0.25) is 0 Å². The van der Waals surface area contributed by atoms with Crippen molar-refractivity contribution in [3.05, 3.63) is 28.2 Å². The van der Waals surface area contributed by atoms with Crippen LogP contribution in [0.1, 0.15) is 16.8 Å². The topological polar surface area (TPSA) is 69.6 Å². The Morgan fingerprint density at radius 1 is 1.47 bits per heavy atom. The highest BCUT2D eigenvalue weighted by molar-refractivity contribution is 9.10. The van der Waals surface area contributed by atoms with Gasteiger partial charge in [-0.1, -0.05) is 0 Å². The molecule has 2 rings (SSSR count). The number of nitrogens with zero attached hydrogens (tertiary/aromatic N) is 1. The van der Waals surface area contributed by atoms with E-state index in [-0.39, 0.29) is 17.4 Å². The predicted molar refractivity (Wildman–Crippen MR) is 75.3 cm³/mol. The molecular formula is C13H15BrN2O3. The Bertz CT molecular complexity index is 519. The molecule has 0 radical (unpaired) electrons. The first-order valence-electron chi connectivity index (χ1n) is 5.99. The number of carboxylic acids is 1. The van der Waals surface area contributed by atoms with Gasteiger partial charge in [0.15, 0.2) is 0 Å². The summed E-state index contributed by atoms with van der Waals surface area (Å²) in [6.45, 7) is 1.65. The van der Waals surface area contributed by atoms with Gasteiger partial charge in [0.25, 0.3) is 0 Å². The third-order valence-electron chi connectivity index (χ3n) is 3.23. The molecule has 5 nitrogen and oxygen atoms in total. The van der Waals surface area contributed by atoms with Crippen molar-refractivity contribution in [1.29, 1.82) is 0 Å². The van der Waals surface area contributed by atoms with Crippen LogP contribution >= 0.6 is 15.9 Å². The SMILES string of the molecule is CN1CCC(C(=O)Nc2cc(C(=O)O)ccc2Br)C1.